The fraction of sp³-hybridized carbons (Fsp3) is 0.300. The van der Waals surface area contributed by atoms with Gasteiger partial charge in [-0.3, -0.25) is 14.9 Å². The van der Waals surface area contributed by atoms with Crippen LogP contribution < -0.4 is 5.32 Å². The van der Waals surface area contributed by atoms with E-state index >= 15 is 0 Å². The fourth-order valence-electron chi connectivity index (χ4n) is 1.38. The zero-order valence-corrected chi connectivity index (χ0v) is 9.44. The van der Waals surface area contributed by atoms with Crippen LogP contribution in [-0.4, -0.2) is 30.1 Å². The highest BCUT2D eigenvalue weighted by Crippen LogP contribution is 2.24. The van der Waals surface area contributed by atoms with Crippen LogP contribution in [0.3, 0.4) is 0 Å². The molecule has 1 amide bonds. The molecule has 1 fully saturated rings. The first-order chi connectivity index (χ1) is 8.08. The van der Waals surface area contributed by atoms with Crippen molar-refractivity contribution < 1.29 is 14.5 Å². The number of halogens is 1. The van der Waals surface area contributed by atoms with Gasteiger partial charge in [0.25, 0.3) is 11.6 Å². The van der Waals surface area contributed by atoms with E-state index in [1.54, 1.807) is 0 Å². The summed E-state index contributed by atoms with van der Waals surface area (Å²) in [5, 5.41) is 13.2. The van der Waals surface area contributed by atoms with Gasteiger partial charge in [-0.1, -0.05) is 11.6 Å². The van der Waals surface area contributed by atoms with Gasteiger partial charge >= 0.3 is 0 Å². The summed E-state index contributed by atoms with van der Waals surface area (Å²) in [4.78, 5) is 21.6. The second-order valence-corrected chi connectivity index (χ2v) is 4.04. The summed E-state index contributed by atoms with van der Waals surface area (Å²) in [7, 11) is 0. The van der Waals surface area contributed by atoms with Gasteiger partial charge in [-0.05, 0) is 12.1 Å². The molecule has 1 aliphatic rings. The zero-order chi connectivity index (χ0) is 12.4. The van der Waals surface area contributed by atoms with Crippen LogP contribution in [0.2, 0.25) is 5.02 Å². The molecule has 1 heterocycles. The molecule has 90 valence electrons. The predicted octanol–water partition coefficient (Wildman–Crippen LogP) is 1.38. The lowest BCUT2D eigenvalue weighted by Gasteiger charge is -2.26. The number of rotatable bonds is 3. The van der Waals surface area contributed by atoms with Crippen molar-refractivity contribution in [3.8, 4) is 0 Å². The van der Waals surface area contributed by atoms with Gasteiger partial charge in [-0.25, -0.2) is 0 Å². The molecule has 0 saturated carbocycles. The Balaban J connectivity index is 2.13. The summed E-state index contributed by atoms with van der Waals surface area (Å²) in [5.74, 6) is -0.310. The van der Waals surface area contributed by atoms with Crippen molar-refractivity contribution in [2.75, 3.05) is 13.2 Å². The summed E-state index contributed by atoms with van der Waals surface area (Å²) in [6.07, 6.45) is 0. The van der Waals surface area contributed by atoms with Gasteiger partial charge in [0.1, 0.15) is 5.02 Å². The Morgan fingerprint density at radius 1 is 1.53 bits per heavy atom. The van der Waals surface area contributed by atoms with E-state index in [9.17, 15) is 14.9 Å². The summed E-state index contributed by atoms with van der Waals surface area (Å²) in [6, 6.07) is 3.89. The minimum atomic E-state index is -0.593. The van der Waals surface area contributed by atoms with Crippen LogP contribution in [0.15, 0.2) is 18.2 Å². The van der Waals surface area contributed by atoms with Gasteiger partial charge in [0.05, 0.1) is 24.2 Å². The van der Waals surface area contributed by atoms with E-state index < -0.39 is 4.92 Å². The highest BCUT2D eigenvalue weighted by atomic mass is 35.5. The average molecular weight is 257 g/mol. The number of nitro benzene ring substituents is 1. The van der Waals surface area contributed by atoms with Crippen LogP contribution in [0.1, 0.15) is 10.4 Å². The monoisotopic (exact) mass is 256 g/mol. The first-order valence-electron chi connectivity index (χ1n) is 4.90. The standard InChI is InChI=1S/C10H9ClN2O4/c11-8-3-6(1-2-9(8)13(15)16)10(14)12-7-4-17-5-7/h1-3,7H,4-5H2,(H,12,14). The smallest absolute Gasteiger partial charge is 0.287 e. The minimum Gasteiger partial charge on any atom is -0.377 e. The molecule has 17 heavy (non-hydrogen) atoms. The van der Waals surface area contributed by atoms with E-state index in [-0.39, 0.29) is 22.7 Å². The van der Waals surface area contributed by atoms with Crippen LogP contribution in [0, 0.1) is 10.1 Å². The lowest BCUT2D eigenvalue weighted by atomic mass is 10.1. The Morgan fingerprint density at radius 2 is 2.24 bits per heavy atom. The lowest BCUT2D eigenvalue weighted by molar-refractivity contribution is -0.384. The summed E-state index contributed by atoms with van der Waals surface area (Å²) in [5.41, 5.74) is 0.0858. The molecule has 1 N–H and O–H groups in total. The molecular formula is C10H9ClN2O4. The van der Waals surface area contributed by atoms with Crippen molar-refractivity contribution in [1.29, 1.82) is 0 Å². The van der Waals surface area contributed by atoms with E-state index in [2.05, 4.69) is 5.32 Å². The number of ether oxygens (including phenoxy) is 1. The zero-order valence-electron chi connectivity index (χ0n) is 8.68. The topological polar surface area (TPSA) is 81.5 Å². The molecule has 1 saturated heterocycles. The van der Waals surface area contributed by atoms with Crippen LogP contribution in [0.4, 0.5) is 5.69 Å². The van der Waals surface area contributed by atoms with E-state index in [0.717, 1.165) is 0 Å². The predicted molar refractivity (Wildman–Crippen MR) is 60.2 cm³/mol. The van der Waals surface area contributed by atoms with Gasteiger partial charge in [0.2, 0.25) is 0 Å². The summed E-state index contributed by atoms with van der Waals surface area (Å²) < 4.78 is 4.92. The normalized spacial score (nSPS) is 15.1. The van der Waals surface area contributed by atoms with Gasteiger partial charge in [0.15, 0.2) is 0 Å². The van der Waals surface area contributed by atoms with Crippen LogP contribution >= 0.6 is 11.6 Å². The number of nitrogens with zero attached hydrogens (tertiary/aromatic N) is 1. The molecule has 1 aromatic carbocycles. The van der Waals surface area contributed by atoms with E-state index in [4.69, 9.17) is 16.3 Å². The molecule has 1 aliphatic heterocycles. The third-order valence-corrected chi connectivity index (χ3v) is 2.68. The van der Waals surface area contributed by atoms with E-state index in [0.29, 0.717) is 18.8 Å². The fourth-order valence-corrected chi connectivity index (χ4v) is 1.63. The molecule has 7 heteroatoms. The van der Waals surface area contributed by atoms with Gasteiger partial charge in [0, 0.05) is 11.6 Å². The average Bonchev–Trinajstić information content (AvgIpc) is 2.22. The van der Waals surface area contributed by atoms with E-state index in [1.807, 2.05) is 0 Å². The third kappa shape index (κ3) is 2.54. The van der Waals surface area contributed by atoms with Crippen molar-refractivity contribution >= 4 is 23.2 Å². The Kier molecular flexibility index (Phi) is 3.26. The number of amides is 1. The number of hydrogen-bond acceptors (Lipinski definition) is 4. The number of carbonyl (C=O) groups excluding carboxylic acids is 1. The van der Waals surface area contributed by atoms with Crippen LogP contribution in [-0.2, 0) is 4.74 Å². The maximum Gasteiger partial charge on any atom is 0.287 e. The van der Waals surface area contributed by atoms with Crippen molar-refractivity contribution in [3.05, 3.63) is 38.9 Å². The Bertz CT molecular complexity index is 473. The minimum absolute atomic E-state index is 0.0106. The number of benzene rings is 1. The van der Waals surface area contributed by atoms with Crippen molar-refractivity contribution in [1.82, 2.24) is 5.32 Å². The number of nitro groups is 1. The second-order valence-electron chi connectivity index (χ2n) is 3.63. The molecule has 6 nitrogen and oxygen atoms in total. The summed E-state index contributed by atoms with van der Waals surface area (Å²) in [6.45, 7) is 0.985. The maximum atomic E-state index is 11.7. The quantitative estimate of drug-likeness (QED) is 0.654. The SMILES string of the molecule is O=C(NC1COC1)c1ccc([N+](=O)[O-])c(Cl)c1. The van der Waals surface area contributed by atoms with Crippen LogP contribution in [0.25, 0.3) is 0 Å². The van der Waals surface area contributed by atoms with Gasteiger partial charge in [-0.2, -0.15) is 0 Å². The van der Waals surface area contributed by atoms with E-state index in [1.165, 1.54) is 18.2 Å². The van der Waals surface area contributed by atoms with Crippen molar-refractivity contribution in [3.63, 3.8) is 0 Å². The second kappa shape index (κ2) is 4.68. The molecule has 1 aromatic rings. The Hall–Kier alpha value is -1.66. The molecule has 0 atom stereocenters. The highest BCUT2D eigenvalue weighted by Gasteiger charge is 2.22. The number of nitrogens with one attached hydrogen (secondary N) is 1. The van der Waals surface area contributed by atoms with Crippen LogP contribution in [0.5, 0.6) is 0 Å². The summed E-state index contributed by atoms with van der Waals surface area (Å²) >= 11 is 5.71. The maximum absolute atomic E-state index is 11.7. The molecule has 2 rings (SSSR count). The number of carbonyl (C=O) groups is 1. The molecule has 0 aromatic heterocycles. The molecule has 0 radical (unpaired) electrons. The Labute approximate surface area is 102 Å². The molecule has 0 unspecified atom stereocenters. The molecule has 0 spiro atoms. The highest BCUT2D eigenvalue weighted by molar-refractivity contribution is 6.33. The third-order valence-electron chi connectivity index (χ3n) is 2.38. The first kappa shape index (κ1) is 11.8. The molecular weight excluding hydrogens is 248 g/mol. The first-order valence-corrected chi connectivity index (χ1v) is 5.28. The largest absolute Gasteiger partial charge is 0.377 e. The number of hydrogen-bond donors (Lipinski definition) is 1. The van der Waals surface area contributed by atoms with Gasteiger partial charge < -0.3 is 10.1 Å². The Morgan fingerprint density at radius 3 is 2.71 bits per heavy atom. The lowest BCUT2D eigenvalue weighted by Crippen LogP contribution is -2.48. The van der Waals surface area contributed by atoms with Gasteiger partial charge in [-0.15, -0.1) is 0 Å². The van der Waals surface area contributed by atoms with Crippen molar-refractivity contribution in [2.24, 2.45) is 0 Å². The molecule has 0 bridgehead atoms. The van der Waals surface area contributed by atoms with Crippen molar-refractivity contribution in [2.45, 2.75) is 6.04 Å². The molecule has 0 aliphatic carbocycles.